The highest BCUT2D eigenvalue weighted by atomic mass is 19.4. The molecule has 15 heteroatoms. The molecule has 0 radical (unpaired) electrons. The van der Waals surface area contributed by atoms with Crippen LogP contribution in [0.3, 0.4) is 0 Å². The molecular formula is C23H16F10N2O3. The van der Waals surface area contributed by atoms with E-state index in [4.69, 9.17) is 5.11 Å². The van der Waals surface area contributed by atoms with Gasteiger partial charge in [-0.1, -0.05) is 29.4 Å². The van der Waals surface area contributed by atoms with Gasteiger partial charge in [-0.2, -0.15) is 39.5 Å². The maximum atomic E-state index is 15.0. The van der Waals surface area contributed by atoms with Gasteiger partial charge in [-0.25, -0.2) is 4.39 Å². The summed E-state index contributed by atoms with van der Waals surface area (Å²) in [6, 6.07) is 4.28. The molecule has 0 saturated carbocycles. The third-order valence-electron chi connectivity index (χ3n) is 6.35. The van der Waals surface area contributed by atoms with Crippen molar-refractivity contribution in [1.82, 2.24) is 4.90 Å². The van der Waals surface area contributed by atoms with Crippen LogP contribution in [0, 0.1) is 0 Å². The summed E-state index contributed by atoms with van der Waals surface area (Å²) in [4.78, 5) is 17.0. The lowest BCUT2D eigenvalue weighted by atomic mass is 9.83. The number of amides is 1. The normalized spacial score (nSPS) is 21.6. The van der Waals surface area contributed by atoms with E-state index >= 15 is 4.39 Å². The molecule has 0 bridgehead atoms. The van der Waals surface area contributed by atoms with Gasteiger partial charge in [0.2, 0.25) is 5.91 Å². The summed E-state index contributed by atoms with van der Waals surface area (Å²) < 4.78 is 137. The van der Waals surface area contributed by atoms with Crippen molar-refractivity contribution < 1.29 is 58.6 Å². The number of benzene rings is 2. The molecule has 2 aliphatic rings. The Morgan fingerprint density at radius 1 is 0.895 bits per heavy atom. The molecule has 206 valence electrons. The Hall–Kier alpha value is -3.36. The fraction of sp³-hybridized carbons (Fsp3) is 0.391. The number of hydrogen-bond acceptors (Lipinski definition) is 4. The van der Waals surface area contributed by atoms with Gasteiger partial charge in [-0.3, -0.25) is 4.79 Å². The predicted molar refractivity (Wildman–Crippen MR) is 109 cm³/mol. The van der Waals surface area contributed by atoms with Gasteiger partial charge in [0.15, 0.2) is 5.67 Å². The molecule has 2 heterocycles. The SMILES string of the molecule is O=C(CO)N1CC(F)(c2ccc(C3=NOC(c4cc(C(F)(F)F)cc(C(F)(F)F)c4)(C(F)(F)F)C3)cc2)C1. The van der Waals surface area contributed by atoms with Gasteiger partial charge in [0, 0.05) is 12.0 Å². The van der Waals surface area contributed by atoms with Crippen LogP contribution in [0.4, 0.5) is 43.9 Å². The summed E-state index contributed by atoms with van der Waals surface area (Å²) in [6.07, 6.45) is -17.5. The van der Waals surface area contributed by atoms with Crippen LogP contribution in [0.2, 0.25) is 0 Å². The molecule has 0 aromatic heterocycles. The quantitative estimate of drug-likeness (QED) is 0.518. The first-order valence-electron chi connectivity index (χ1n) is 10.7. The van der Waals surface area contributed by atoms with Crippen molar-refractivity contribution in [3.05, 3.63) is 70.3 Å². The second kappa shape index (κ2) is 8.85. The number of oxime groups is 1. The van der Waals surface area contributed by atoms with Gasteiger partial charge in [-0.15, -0.1) is 0 Å². The number of nitrogens with zero attached hydrogens (tertiary/aromatic N) is 2. The van der Waals surface area contributed by atoms with Crippen LogP contribution in [0.25, 0.3) is 0 Å². The lowest BCUT2D eigenvalue weighted by molar-refractivity contribution is -0.276. The molecule has 1 fully saturated rings. The van der Waals surface area contributed by atoms with E-state index in [1.807, 2.05) is 0 Å². The Kier molecular flexibility index (Phi) is 6.44. The van der Waals surface area contributed by atoms with Gasteiger partial charge < -0.3 is 14.8 Å². The molecule has 0 aliphatic carbocycles. The molecule has 38 heavy (non-hydrogen) atoms. The molecular weight excluding hydrogens is 542 g/mol. The van der Waals surface area contributed by atoms with E-state index < -0.39 is 71.1 Å². The van der Waals surface area contributed by atoms with Crippen molar-refractivity contribution in [3.8, 4) is 0 Å². The number of aliphatic hydroxyl groups is 1. The lowest BCUT2D eigenvalue weighted by Crippen LogP contribution is -2.59. The van der Waals surface area contributed by atoms with Crippen molar-refractivity contribution in [2.75, 3.05) is 19.7 Å². The summed E-state index contributed by atoms with van der Waals surface area (Å²) >= 11 is 0. The second-order valence-corrected chi connectivity index (χ2v) is 8.88. The zero-order valence-electron chi connectivity index (χ0n) is 18.8. The molecule has 1 unspecified atom stereocenters. The minimum Gasteiger partial charge on any atom is -0.387 e. The van der Waals surface area contributed by atoms with E-state index in [1.54, 1.807) is 0 Å². The summed E-state index contributed by atoms with van der Waals surface area (Å²) in [6.45, 7) is -1.56. The maximum Gasteiger partial charge on any atom is 0.435 e. The lowest BCUT2D eigenvalue weighted by Gasteiger charge is -2.44. The van der Waals surface area contributed by atoms with Crippen LogP contribution < -0.4 is 0 Å². The van der Waals surface area contributed by atoms with Crippen LogP contribution in [0.15, 0.2) is 47.6 Å². The zero-order valence-corrected chi connectivity index (χ0v) is 18.8. The largest absolute Gasteiger partial charge is 0.435 e. The number of alkyl halides is 10. The van der Waals surface area contributed by atoms with Crippen LogP contribution >= 0.6 is 0 Å². The van der Waals surface area contributed by atoms with E-state index in [0.29, 0.717) is 0 Å². The molecule has 1 atom stereocenters. The first kappa shape index (κ1) is 27.7. The molecule has 4 rings (SSSR count). The Labute approximate surface area is 207 Å². The Balaban J connectivity index is 1.65. The van der Waals surface area contributed by atoms with Gasteiger partial charge in [0.25, 0.3) is 5.60 Å². The van der Waals surface area contributed by atoms with Crippen LogP contribution in [0.5, 0.6) is 0 Å². The summed E-state index contributed by atoms with van der Waals surface area (Å²) in [5, 5.41) is 12.1. The molecule has 0 spiro atoms. The standard InChI is InChI=1S/C23H16F10N2O3/c24-19(10-35(11-19)18(37)9-36)13-3-1-12(2-4-13)17-8-20(38-34-17,23(31,32)33)14-5-15(21(25,26)27)7-16(6-14)22(28,29)30/h1-7,36H,8-11H2. The number of hydrogen-bond donors (Lipinski definition) is 1. The summed E-state index contributed by atoms with van der Waals surface area (Å²) in [5.41, 5.74) is -11.4. The number of halogens is 10. The molecule has 2 aliphatic heterocycles. The second-order valence-electron chi connectivity index (χ2n) is 8.88. The Morgan fingerprint density at radius 3 is 1.87 bits per heavy atom. The van der Waals surface area contributed by atoms with Crippen molar-refractivity contribution in [3.63, 3.8) is 0 Å². The summed E-state index contributed by atoms with van der Waals surface area (Å²) in [5.74, 6) is -0.695. The zero-order chi connectivity index (χ0) is 28.3. The van der Waals surface area contributed by atoms with E-state index in [0.717, 1.165) is 17.0 Å². The highest BCUT2D eigenvalue weighted by molar-refractivity contribution is 6.02. The molecule has 2 aromatic rings. The third-order valence-corrected chi connectivity index (χ3v) is 6.35. The first-order valence-corrected chi connectivity index (χ1v) is 10.7. The van der Waals surface area contributed by atoms with Crippen molar-refractivity contribution >= 4 is 11.6 Å². The van der Waals surface area contributed by atoms with Crippen molar-refractivity contribution in [1.29, 1.82) is 0 Å². The topological polar surface area (TPSA) is 62.1 Å². The Bertz CT molecular complexity index is 1230. The number of rotatable bonds is 4. The highest BCUT2D eigenvalue weighted by Gasteiger charge is 2.63. The minimum atomic E-state index is -5.48. The number of likely N-dealkylation sites (tertiary alicyclic amines) is 1. The third kappa shape index (κ3) is 4.78. The van der Waals surface area contributed by atoms with Crippen LogP contribution in [-0.2, 0) is 33.3 Å². The molecule has 2 aromatic carbocycles. The molecule has 1 N–H and O–H groups in total. The number of aliphatic hydroxyl groups excluding tert-OH is 1. The average molecular weight is 558 g/mol. The predicted octanol–water partition coefficient (Wildman–Crippen LogP) is 5.31. The Morgan fingerprint density at radius 2 is 1.42 bits per heavy atom. The number of carbonyl (C=O) groups excluding carboxylic acids is 1. The number of carbonyl (C=O) groups is 1. The van der Waals surface area contributed by atoms with E-state index in [9.17, 15) is 44.3 Å². The van der Waals surface area contributed by atoms with Crippen molar-refractivity contribution in [2.24, 2.45) is 5.16 Å². The average Bonchev–Trinajstić information content (AvgIpc) is 3.27. The van der Waals surface area contributed by atoms with Gasteiger partial charge in [0.1, 0.15) is 6.61 Å². The monoisotopic (exact) mass is 558 g/mol. The van der Waals surface area contributed by atoms with Gasteiger partial charge in [0.05, 0.1) is 29.9 Å². The maximum absolute atomic E-state index is 15.0. The fourth-order valence-corrected chi connectivity index (χ4v) is 4.23. The first-order chi connectivity index (χ1) is 17.4. The van der Waals surface area contributed by atoms with E-state index in [-0.39, 0.29) is 42.4 Å². The fourth-order valence-electron chi connectivity index (χ4n) is 4.23. The molecule has 1 saturated heterocycles. The van der Waals surface area contributed by atoms with E-state index in [2.05, 4.69) is 9.99 Å². The van der Waals surface area contributed by atoms with Crippen molar-refractivity contribution in [2.45, 2.75) is 36.2 Å². The van der Waals surface area contributed by atoms with Crippen LogP contribution in [-0.4, -0.2) is 47.5 Å². The smallest absolute Gasteiger partial charge is 0.387 e. The van der Waals surface area contributed by atoms with Gasteiger partial charge in [-0.05, 0) is 29.3 Å². The van der Waals surface area contributed by atoms with Gasteiger partial charge >= 0.3 is 18.5 Å². The van der Waals surface area contributed by atoms with Crippen LogP contribution in [0.1, 0.15) is 34.2 Å². The highest BCUT2D eigenvalue weighted by Crippen LogP contribution is 2.51. The molecule has 1 amide bonds. The minimum absolute atomic E-state index is 0.0471. The molecule has 5 nitrogen and oxygen atoms in total. The van der Waals surface area contributed by atoms with E-state index in [1.165, 1.54) is 12.1 Å². The summed E-state index contributed by atoms with van der Waals surface area (Å²) in [7, 11) is 0.